The highest BCUT2D eigenvalue weighted by molar-refractivity contribution is 7.10. The molecular weight excluding hydrogens is 298 g/mol. The number of hydrogen-bond acceptors (Lipinski definition) is 3. The SMILES string of the molecule is CCN(C(=O)CC(NC(N)=O)c1cccs1)C1CCCCC1. The average Bonchev–Trinajstić information content (AvgIpc) is 3.02. The van der Waals surface area contributed by atoms with E-state index in [0.29, 0.717) is 6.04 Å². The zero-order chi connectivity index (χ0) is 15.9. The van der Waals surface area contributed by atoms with E-state index in [0.717, 1.165) is 24.3 Å². The van der Waals surface area contributed by atoms with Crippen LogP contribution in [0.2, 0.25) is 0 Å². The molecule has 1 aliphatic rings. The average molecular weight is 323 g/mol. The summed E-state index contributed by atoms with van der Waals surface area (Å²) >= 11 is 1.53. The van der Waals surface area contributed by atoms with Gasteiger partial charge in [-0.15, -0.1) is 11.3 Å². The second-order valence-electron chi connectivity index (χ2n) is 5.75. The molecule has 1 aliphatic carbocycles. The van der Waals surface area contributed by atoms with Crippen LogP contribution in [0.15, 0.2) is 17.5 Å². The third kappa shape index (κ3) is 4.47. The highest BCUT2D eigenvalue weighted by Crippen LogP contribution is 2.26. The van der Waals surface area contributed by atoms with Gasteiger partial charge in [0.2, 0.25) is 5.91 Å². The van der Waals surface area contributed by atoms with Gasteiger partial charge < -0.3 is 16.0 Å². The first-order valence-corrected chi connectivity index (χ1v) is 8.88. The molecule has 0 radical (unpaired) electrons. The lowest BCUT2D eigenvalue weighted by Gasteiger charge is -2.34. The van der Waals surface area contributed by atoms with Gasteiger partial charge in [-0.05, 0) is 31.2 Å². The number of nitrogens with two attached hydrogens (primary N) is 1. The highest BCUT2D eigenvalue weighted by atomic mass is 32.1. The molecular formula is C16H25N3O2S. The Morgan fingerprint density at radius 3 is 2.68 bits per heavy atom. The van der Waals surface area contributed by atoms with Gasteiger partial charge in [0, 0.05) is 17.5 Å². The molecule has 2 rings (SSSR count). The molecule has 1 saturated carbocycles. The van der Waals surface area contributed by atoms with Crippen LogP contribution < -0.4 is 11.1 Å². The van der Waals surface area contributed by atoms with Gasteiger partial charge in [0.15, 0.2) is 0 Å². The summed E-state index contributed by atoms with van der Waals surface area (Å²) in [5, 5.41) is 4.64. The first-order valence-electron chi connectivity index (χ1n) is 8.00. The molecule has 0 aromatic carbocycles. The lowest BCUT2D eigenvalue weighted by Crippen LogP contribution is -2.43. The first-order chi connectivity index (χ1) is 10.6. The summed E-state index contributed by atoms with van der Waals surface area (Å²) in [4.78, 5) is 26.9. The smallest absolute Gasteiger partial charge is 0.312 e. The second-order valence-corrected chi connectivity index (χ2v) is 6.73. The molecule has 1 heterocycles. The fourth-order valence-electron chi connectivity index (χ4n) is 3.21. The Labute approximate surface area is 135 Å². The van der Waals surface area contributed by atoms with E-state index in [1.54, 1.807) is 0 Å². The Kier molecular flexibility index (Phi) is 6.24. The molecule has 6 heteroatoms. The van der Waals surface area contributed by atoms with Crippen molar-refractivity contribution in [3.8, 4) is 0 Å². The van der Waals surface area contributed by atoms with E-state index in [4.69, 9.17) is 5.73 Å². The summed E-state index contributed by atoms with van der Waals surface area (Å²) in [7, 11) is 0. The fourth-order valence-corrected chi connectivity index (χ4v) is 3.98. The van der Waals surface area contributed by atoms with E-state index in [2.05, 4.69) is 5.32 Å². The second kappa shape index (κ2) is 8.17. The normalized spacial score (nSPS) is 17.0. The van der Waals surface area contributed by atoms with Crippen molar-refractivity contribution in [2.45, 2.75) is 57.5 Å². The van der Waals surface area contributed by atoms with Crippen molar-refractivity contribution in [2.75, 3.05) is 6.54 Å². The monoisotopic (exact) mass is 323 g/mol. The van der Waals surface area contributed by atoms with E-state index in [1.165, 1.54) is 30.6 Å². The van der Waals surface area contributed by atoms with Gasteiger partial charge in [-0.3, -0.25) is 4.79 Å². The Morgan fingerprint density at radius 1 is 1.41 bits per heavy atom. The molecule has 22 heavy (non-hydrogen) atoms. The quantitative estimate of drug-likeness (QED) is 0.844. The van der Waals surface area contributed by atoms with Crippen LogP contribution in [0.5, 0.6) is 0 Å². The number of carbonyl (C=O) groups is 2. The molecule has 1 unspecified atom stereocenters. The molecule has 3 amide bonds. The van der Waals surface area contributed by atoms with Crippen molar-refractivity contribution in [3.63, 3.8) is 0 Å². The molecule has 0 bridgehead atoms. The number of carbonyl (C=O) groups excluding carboxylic acids is 2. The number of urea groups is 1. The summed E-state index contributed by atoms with van der Waals surface area (Å²) < 4.78 is 0. The molecule has 5 nitrogen and oxygen atoms in total. The Balaban J connectivity index is 2.03. The van der Waals surface area contributed by atoms with Crippen LogP contribution in [-0.2, 0) is 4.79 Å². The van der Waals surface area contributed by atoms with Crippen LogP contribution in [-0.4, -0.2) is 29.4 Å². The maximum atomic E-state index is 12.7. The van der Waals surface area contributed by atoms with Gasteiger partial charge in [0.1, 0.15) is 0 Å². The maximum absolute atomic E-state index is 12.7. The predicted octanol–water partition coefficient (Wildman–Crippen LogP) is 3.03. The van der Waals surface area contributed by atoms with Gasteiger partial charge in [-0.25, -0.2) is 4.79 Å². The Hall–Kier alpha value is -1.56. The van der Waals surface area contributed by atoms with Crippen LogP contribution in [0.4, 0.5) is 4.79 Å². The molecule has 0 saturated heterocycles. The lowest BCUT2D eigenvalue weighted by atomic mass is 9.93. The number of primary amides is 1. The van der Waals surface area contributed by atoms with Crippen LogP contribution in [0.3, 0.4) is 0 Å². The Morgan fingerprint density at radius 2 is 2.14 bits per heavy atom. The topological polar surface area (TPSA) is 75.4 Å². The van der Waals surface area contributed by atoms with Crippen LogP contribution in [0.25, 0.3) is 0 Å². The van der Waals surface area contributed by atoms with E-state index in [-0.39, 0.29) is 18.4 Å². The van der Waals surface area contributed by atoms with Crippen LogP contribution in [0.1, 0.15) is 56.4 Å². The Bertz CT molecular complexity index is 484. The number of thiophene rings is 1. The third-order valence-electron chi connectivity index (χ3n) is 4.26. The summed E-state index contributed by atoms with van der Waals surface area (Å²) in [6, 6.07) is 3.27. The van der Waals surface area contributed by atoms with Crippen molar-refractivity contribution in [1.82, 2.24) is 10.2 Å². The third-order valence-corrected chi connectivity index (χ3v) is 5.24. The van der Waals surface area contributed by atoms with E-state index < -0.39 is 6.03 Å². The zero-order valence-electron chi connectivity index (χ0n) is 13.1. The van der Waals surface area contributed by atoms with Crippen molar-refractivity contribution in [1.29, 1.82) is 0 Å². The number of hydrogen-bond donors (Lipinski definition) is 2. The first kappa shape index (κ1) is 16.8. The molecule has 122 valence electrons. The van der Waals surface area contributed by atoms with E-state index >= 15 is 0 Å². The van der Waals surface area contributed by atoms with E-state index in [1.807, 2.05) is 29.3 Å². The van der Waals surface area contributed by atoms with Gasteiger partial charge in [-0.2, -0.15) is 0 Å². The maximum Gasteiger partial charge on any atom is 0.312 e. The summed E-state index contributed by atoms with van der Waals surface area (Å²) in [5.41, 5.74) is 5.26. The van der Waals surface area contributed by atoms with Gasteiger partial charge in [0.05, 0.1) is 12.5 Å². The van der Waals surface area contributed by atoms with Crippen molar-refractivity contribution in [3.05, 3.63) is 22.4 Å². The minimum absolute atomic E-state index is 0.0987. The molecule has 0 aliphatic heterocycles. The molecule has 0 spiro atoms. The van der Waals surface area contributed by atoms with Gasteiger partial charge in [-0.1, -0.05) is 25.3 Å². The van der Waals surface area contributed by atoms with Crippen LogP contribution in [0, 0.1) is 0 Å². The molecule has 1 fully saturated rings. The number of nitrogens with one attached hydrogen (secondary N) is 1. The zero-order valence-corrected chi connectivity index (χ0v) is 13.9. The minimum atomic E-state index is -0.591. The van der Waals surface area contributed by atoms with Crippen molar-refractivity contribution >= 4 is 23.3 Å². The number of amides is 3. The van der Waals surface area contributed by atoms with E-state index in [9.17, 15) is 9.59 Å². The van der Waals surface area contributed by atoms with Crippen molar-refractivity contribution < 1.29 is 9.59 Å². The van der Waals surface area contributed by atoms with Crippen LogP contribution >= 0.6 is 11.3 Å². The number of nitrogens with zero attached hydrogens (tertiary/aromatic N) is 1. The molecule has 3 N–H and O–H groups in total. The van der Waals surface area contributed by atoms with Gasteiger partial charge >= 0.3 is 6.03 Å². The van der Waals surface area contributed by atoms with Gasteiger partial charge in [0.25, 0.3) is 0 Å². The highest BCUT2D eigenvalue weighted by Gasteiger charge is 2.27. The fraction of sp³-hybridized carbons (Fsp3) is 0.625. The molecule has 1 atom stereocenters. The van der Waals surface area contributed by atoms with Crippen molar-refractivity contribution in [2.24, 2.45) is 5.73 Å². The minimum Gasteiger partial charge on any atom is -0.352 e. The largest absolute Gasteiger partial charge is 0.352 e. The predicted molar refractivity (Wildman–Crippen MR) is 88.7 cm³/mol. The summed E-state index contributed by atoms with van der Waals surface area (Å²) in [6.07, 6.45) is 6.11. The summed E-state index contributed by atoms with van der Waals surface area (Å²) in [6.45, 7) is 2.74. The summed E-state index contributed by atoms with van der Waals surface area (Å²) in [5.74, 6) is 0.0987. The molecule has 1 aromatic rings. The number of rotatable bonds is 6. The molecule has 1 aromatic heterocycles. The lowest BCUT2D eigenvalue weighted by molar-refractivity contribution is -0.134. The standard InChI is InChI=1S/C16H25N3O2S/c1-2-19(12-7-4-3-5-8-12)15(20)11-13(18-16(17)21)14-9-6-10-22-14/h6,9-10,12-13H,2-5,7-8,11H2,1H3,(H3,17,18,21).